The minimum atomic E-state index is -0.772. The number of aromatic nitrogens is 1. The van der Waals surface area contributed by atoms with Crippen LogP contribution in [0.5, 0.6) is 0 Å². The van der Waals surface area contributed by atoms with E-state index in [1.165, 1.54) is 23.0 Å². The van der Waals surface area contributed by atoms with Crippen LogP contribution in [0.1, 0.15) is 24.1 Å². The van der Waals surface area contributed by atoms with Gasteiger partial charge < -0.3 is 9.47 Å². The molecule has 33 heavy (non-hydrogen) atoms. The summed E-state index contributed by atoms with van der Waals surface area (Å²) in [6.07, 6.45) is 1.76. The molecule has 0 N–H and O–H groups in total. The zero-order chi connectivity index (χ0) is 23.5. The summed E-state index contributed by atoms with van der Waals surface area (Å²) in [5.74, 6) is -0.567. The molecule has 1 aliphatic rings. The molecule has 6 nitrogen and oxygen atoms in total. The third-order valence-corrected chi connectivity index (χ3v) is 6.67. The standard InChI is InChI=1S/C24H20Cl2N2O4S/c1-14-20(23(30)32-11-10-31-2)21(17-8-3-4-9-18(17)26)28-22(29)19(33-24(28)27-14)13-15-6-5-7-16(25)12-15/h3-9,12-13,21H,10-11H2,1-2H3/b19-13+. The quantitative estimate of drug-likeness (QED) is 0.380. The average Bonchev–Trinajstić information content (AvgIpc) is 3.08. The summed E-state index contributed by atoms with van der Waals surface area (Å²) in [6, 6.07) is 13.6. The van der Waals surface area contributed by atoms with Gasteiger partial charge in [-0.3, -0.25) is 9.36 Å². The van der Waals surface area contributed by atoms with E-state index in [2.05, 4.69) is 4.99 Å². The van der Waals surface area contributed by atoms with E-state index in [4.69, 9.17) is 32.7 Å². The lowest BCUT2D eigenvalue weighted by Gasteiger charge is -2.25. The van der Waals surface area contributed by atoms with E-state index < -0.39 is 12.0 Å². The second kappa shape index (κ2) is 10.1. The summed E-state index contributed by atoms with van der Waals surface area (Å²) in [5.41, 5.74) is 1.86. The second-order valence-electron chi connectivity index (χ2n) is 7.29. The van der Waals surface area contributed by atoms with Crippen molar-refractivity contribution in [2.45, 2.75) is 13.0 Å². The van der Waals surface area contributed by atoms with Gasteiger partial charge in [0.1, 0.15) is 12.6 Å². The van der Waals surface area contributed by atoms with Crippen LogP contribution in [0.2, 0.25) is 10.0 Å². The van der Waals surface area contributed by atoms with Gasteiger partial charge in [-0.15, -0.1) is 0 Å². The van der Waals surface area contributed by atoms with Crippen LogP contribution in [-0.4, -0.2) is 30.9 Å². The number of carbonyl (C=O) groups is 1. The van der Waals surface area contributed by atoms with Crippen molar-refractivity contribution in [1.82, 2.24) is 4.57 Å². The number of hydrogen-bond donors (Lipinski definition) is 0. The summed E-state index contributed by atoms with van der Waals surface area (Å²) in [7, 11) is 1.52. The second-order valence-corrected chi connectivity index (χ2v) is 9.14. The van der Waals surface area contributed by atoms with Gasteiger partial charge in [0.15, 0.2) is 4.80 Å². The monoisotopic (exact) mass is 502 g/mol. The van der Waals surface area contributed by atoms with Gasteiger partial charge in [-0.2, -0.15) is 0 Å². The van der Waals surface area contributed by atoms with Crippen LogP contribution in [0.15, 0.2) is 69.6 Å². The van der Waals surface area contributed by atoms with Crippen molar-refractivity contribution in [3.05, 3.63) is 101 Å². The number of carbonyl (C=O) groups excluding carboxylic acids is 1. The van der Waals surface area contributed by atoms with Crippen molar-refractivity contribution in [2.75, 3.05) is 20.3 Å². The van der Waals surface area contributed by atoms with E-state index in [9.17, 15) is 9.59 Å². The van der Waals surface area contributed by atoms with E-state index in [0.29, 0.717) is 30.6 Å². The number of hydrogen-bond acceptors (Lipinski definition) is 6. The third-order valence-electron chi connectivity index (χ3n) is 5.11. The zero-order valence-corrected chi connectivity index (χ0v) is 20.2. The molecule has 1 aliphatic heterocycles. The van der Waals surface area contributed by atoms with Crippen LogP contribution < -0.4 is 14.9 Å². The lowest BCUT2D eigenvalue weighted by molar-refractivity contribution is -0.140. The zero-order valence-electron chi connectivity index (χ0n) is 17.9. The average molecular weight is 503 g/mol. The minimum absolute atomic E-state index is 0.0839. The van der Waals surface area contributed by atoms with Crippen molar-refractivity contribution < 1.29 is 14.3 Å². The fourth-order valence-electron chi connectivity index (χ4n) is 3.62. The Morgan fingerprint density at radius 1 is 1.18 bits per heavy atom. The van der Waals surface area contributed by atoms with Gasteiger partial charge in [-0.25, -0.2) is 9.79 Å². The molecule has 1 atom stereocenters. The third kappa shape index (κ3) is 4.82. The maximum Gasteiger partial charge on any atom is 0.338 e. The van der Waals surface area contributed by atoms with Gasteiger partial charge in [-0.1, -0.05) is 64.9 Å². The highest BCUT2D eigenvalue weighted by Crippen LogP contribution is 2.34. The number of nitrogens with zero attached hydrogens (tertiary/aromatic N) is 2. The Labute approximate surface area is 204 Å². The van der Waals surface area contributed by atoms with Crippen LogP contribution in [0.25, 0.3) is 6.08 Å². The molecule has 2 aromatic carbocycles. The lowest BCUT2D eigenvalue weighted by atomic mass is 9.96. The molecule has 0 radical (unpaired) electrons. The molecule has 1 aromatic heterocycles. The molecule has 9 heteroatoms. The van der Waals surface area contributed by atoms with Crippen LogP contribution >= 0.6 is 34.5 Å². The molecular weight excluding hydrogens is 483 g/mol. The van der Waals surface area contributed by atoms with Crippen molar-refractivity contribution >= 4 is 46.6 Å². The Morgan fingerprint density at radius 3 is 2.70 bits per heavy atom. The van der Waals surface area contributed by atoms with E-state index in [1.54, 1.807) is 43.3 Å². The first-order valence-corrected chi connectivity index (χ1v) is 11.7. The number of methoxy groups -OCH3 is 1. The highest BCUT2D eigenvalue weighted by Gasteiger charge is 2.34. The van der Waals surface area contributed by atoms with Gasteiger partial charge in [0.2, 0.25) is 0 Å². The number of halogens is 2. The van der Waals surface area contributed by atoms with Crippen LogP contribution in [0.4, 0.5) is 0 Å². The summed E-state index contributed by atoms with van der Waals surface area (Å²) in [4.78, 5) is 31.6. The van der Waals surface area contributed by atoms with E-state index in [-0.39, 0.29) is 24.3 Å². The predicted octanol–water partition coefficient (Wildman–Crippen LogP) is 3.73. The maximum absolute atomic E-state index is 13.5. The first kappa shape index (κ1) is 23.4. The Morgan fingerprint density at radius 2 is 1.97 bits per heavy atom. The Bertz CT molecular complexity index is 1420. The van der Waals surface area contributed by atoms with Crippen LogP contribution in [-0.2, 0) is 14.3 Å². The van der Waals surface area contributed by atoms with Gasteiger partial charge in [0.05, 0.1) is 22.4 Å². The molecule has 0 spiro atoms. The fraction of sp³-hybridized carbons (Fsp3) is 0.208. The number of esters is 1. The van der Waals surface area contributed by atoms with E-state index >= 15 is 0 Å². The van der Waals surface area contributed by atoms with Crippen molar-refractivity contribution in [3.8, 4) is 0 Å². The molecule has 0 saturated carbocycles. The molecule has 0 bridgehead atoms. The van der Waals surface area contributed by atoms with Gasteiger partial charge in [-0.05, 0) is 42.3 Å². The fourth-order valence-corrected chi connectivity index (χ4v) is 5.10. The van der Waals surface area contributed by atoms with Crippen molar-refractivity contribution in [2.24, 2.45) is 4.99 Å². The number of thiazole rings is 1. The summed E-state index contributed by atoms with van der Waals surface area (Å²) in [5, 5.41) is 1.01. The largest absolute Gasteiger partial charge is 0.460 e. The highest BCUT2D eigenvalue weighted by atomic mass is 35.5. The van der Waals surface area contributed by atoms with Crippen molar-refractivity contribution in [1.29, 1.82) is 0 Å². The highest BCUT2D eigenvalue weighted by molar-refractivity contribution is 7.07. The predicted molar refractivity (Wildman–Crippen MR) is 130 cm³/mol. The normalized spacial score (nSPS) is 15.9. The number of fused-ring (bicyclic) bond motifs is 1. The molecular formula is C24H20Cl2N2O4S. The van der Waals surface area contributed by atoms with Gasteiger partial charge in [0.25, 0.3) is 5.56 Å². The molecule has 170 valence electrons. The molecule has 0 saturated heterocycles. The van der Waals surface area contributed by atoms with E-state index in [1.807, 2.05) is 18.2 Å². The summed E-state index contributed by atoms with van der Waals surface area (Å²) in [6.45, 7) is 2.07. The first-order valence-electron chi connectivity index (χ1n) is 10.1. The Balaban J connectivity index is 1.91. The van der Waals surface area contributed by atoms with Crippen LogP contribution in [0.3, 0.4) is 0 Å². The number of rotatable bonds is 6. The molecule has 0 amide bonds. The first-order chi connectivity index (χ1) is 15.9. The minimum Gasteiger partial charge on any atom is -0.460 e. The summed E-state index contributed by atoms with van der Waals surface area (Å²) < 4.78 is 12.3. The SMILES string of the molecule is COCCOC(=O)C1=C(C)N=c2s/c(=C/c3cccc(Cl)c3)c(=O)n2C1c1ccccc1Cl. The van der Waals surface area contributed by atoms with Gasteiger partial charge in [0, 0.05) is 17.2 Å². The number of allylic oxidation sites excluding steroid dienone is 1. The number of benzene rings is 2. The van der Waals surface area contributed by atoms with Crippen molar-refractivity contribution in [3.63, 3.8) is 0 Å². The molecule has 4 rings (SSSR count). The van der Waals surface area contributed by atoms with Gasteiger partial charge >= 0.3 is 5.97 Å². The Kier molecular flexibility index (Phi) is 7.14. The molecule has 0 fully saturated rings. The van der Waals surface area contributed by atoms with Crippen LogP contribution in [0, 0.1) is 0 Å². The topological polar surface area (TPSA) is 69.9 Å². The summed E-state index contributed by atoms with van der Waals surface area (Å²) >= 11 is 13.9. The molecule has 0 aliphatic carbocycles. The van der Waals surface area contributed by atoms with E-state index in [0.717, 1.165) is 5.56 Å². The molecule has 1 unspecified atom stereocenters. The molecule has 2 heterocycles. The maximum atomic E-state index is 13.5. The lowest BCUT2D eigenvalue weighted by Crippen LogP contribution is -2.40. The smallest absolute Gasteiger partial charge is 0.338 e. The molecule has 3 aromatic rings. The number of ether oxygens (including phenoxy) is 2. The Hall–Kier alpha value is -2.71.